The number of hydrogen-bond acceptors (Lipinski definition) is 4. The van der Waals surface area contributed by atoms with Crippen molar-refractivity contribution in [2.24, 2.45) is 0 Å². The Kier molecular flexibility index (Phi) is 5.38. The maximum Gasteiger partial charge on any atom is 0.242 e. The molecule has 0 radical (unpaired) electrons. The topological polar surface area (TPSA) is 67.6 Å². The minimum Gasteiger partial charge on any atom is -0.491 e. The van der Waals surface area contributed by atoms with Crippen LogP contribution in [0.2, 0.25) is 0 Å². The van der Waals surface area contributed by atoms with E-state index >= 15 is 0 Å². The molecule has 2 heterocycles. The quantitative estimate of drug-likeness (QED) is 0.902. The molecule has 2 aromatic rings. The van der Waals surface area contributed by atoms with Gasteiger partial charge < -0.3 is 19.3 Å². The number of ether oxygens (including phenoxy) is 1. The summed E-state index contributed by atoms with van der Waals surface area (Å²) in [6.45, 7) is 3.64. The van der Waals surface area contributed by atoms with E-state index in [2.05, 4.69) is 4.98 Å². The van der Waals surface area contributed by atoms with Crippen molar-refractivity contribution in [3.8, 4) is 5.75 Å². The van der Waals surface area contributed by atoms with E-state index in [4.69, 9.17) is 4.74 Å². The number of rotatable bonds is 5. The van der Waals surface area contributed by atoms with Crippen LogP contribution in [0.1, 0.15) is 25.1 Å². The van der Waals surface area contributed by atoms with Crippen LogP contribution in [-0.4, -0.2) is 50.8 Å². The van der Waals surface area contributed by atoms with Gasteiger partial charge in [-0.3, -0.25) is 4.79 Å². The second-order valence-electron chi connectivity index (χ2n) is 6.66. The lowest BCUT2D eigenvalue weighted by Crippen LogP contribution is -2.39. The molecule has 1 N–H and O–H groups in total. The molecule has 1 fully saturated rings. The molecule has 25 heavy (non-hydrogen) atoms. The van der Waals surface area contributed by atoms with Crippen molar-refractivity contribution in [1.82, 2.24) is 14.5 Å². The number of hydrogen-bond donors (Lipinski definition) is 1. The largest absolute Gasteiger partial charge is 0.491 e. The SMILES string of the molecule is Cc1nccn1CC(=O)N1CCCC(O)(COc2ccccc2)CC1. The third-order valence-electron chi connectivity index (χ3n) is 4.75. The molecular formula is C19H25N3O3. The third-order valence-corrected chi connectivity index (χ3v) is 4.75. The first-order valence-electron chi connectivity index (χ1n) is 8.71. The van der Waals surface area contributed by atoms with Gasteiger partial charge in [-0.05, 0) is 38.3 Å². The fraction of sp³-hybridized carbons (Fsp3) is 0.474. The van der Waals surface area contributed by atoms with Crippen LogP contribution in [0.4, 0.5) is 0 Å². The molecule has 1 unspecified atom stereocenters. The summed E-state index contributed by atoms with van der Waals surface area (Å²) in [6.07, 6.45) is 5.44. The first kappa shape index (κ1) is 17.5. The number of para-hydroxylation sites is 1. The molecular weight excluding hydrogens is 318 g/mol. The van der Waals surface area contributed by atoms with Crippen LogP contribution in [0.15, 0.2) is 42.7 Å². The Morgan fingerprint density at radius 2 is 2.08 bits per heavy atom. The smallest absolute Gasteiger partial charge is 0.242 e. The number of carbonyl (C=O) groups excluding carboxylic acids is 1. The number of aryl methyl sites for hydroxylation is 1. The Balaban J connectivity index is 1.54. The number of aromatic nitrogens is 2. The number of aliphatic hydroxyl groups is 1. The summed E-state index contributed by atoms with van der Waals surface area (Å²) < 4.78 is 7.58. The van der Waals surface area contributed by atoms with E-state index in [1.54, 1.807) is 6.20 Å². The highest BCUT2D eigenvalue weighted by atomic mass is 16.5. The molecule has 1 aliphatic heterocycles. The second kappa shape index (κ2) is 7.70. The van der Waals surface area contributed by atoms with Gasteiger partial charge in [-0.1, -0.05) is 18.2 Å². The number of benzene rings is 1. The van der Waals surface area contributed by atoms with Gasteiger partial charge in [0.2, 0.25) is 5.91 Å². The highest BCUT2D eigenvalue weighted by Gasteiger charge is 2.32. The fourth-order valence-corrected chi connectivity index (χ4v) is 3.12. The zero-order chi connectivity index (χ0) is 17.7. The van der Waals surface area contributed by atoms with Crippen LogP contribution in [0.5, 0.6) is 5.75 Å². The molecule has 1 aromatic carbocycles. The normalized spacial score (nSPS) is 21.0. The maximum absolute atomic E-state index is 12.5. The van der Waals surface area contributed by atoms with Gasteiger partial charge in [0.15, 0.2) is 0 Å². The van der Waals surface area contributed by atoms with Gasteiger partial charge in [-0.2, -0.15) is 0 Å². The number of amides is 1. The number of likely N-dealkylation sites (tertiary alicyclic amines) is 1. The fourth-order valence-electron chi connectivity index (χ4n) is 3.12. The van der Waals surface area contributed by atoms with E-state index in [1.165, 1.54) is 0 Å². The zero-order valence-electron chi connectivity index (χ0n) is 14.6. The molecule has 134 valence electrons. The molecule has 1 aliphatic rings. The Hall–Kier alpha value is -2.34. The summed E-state index contributed by atoms with van der Waals surface area (Å²) in [7, 11) is 0. The molecule has 6 heteroatoms. The molecule has 1 atom stereocenters. The third kappa shape index (κ3) is 4.60. The van der Waals surface area contributed by atoms with Crippen molar-refractivity contribution in [2.45, 2.75) is 38.3 Å². The van der Waals surface area contributed by atoms with E-state index in [1.807, 2.05) is 52.9 Å². The average Bonchev–Trinajstić information content (AvgIpc) is 2.90. The number of carbonyl (C=O) groups is 1. The summed E-state index contributed by atoms with van der Waals surface area (Å²) in [5, 5.41) is 10.8. The van der Waals surface area contributed by atoms with Gasteiger partial charge in [0.1, 0.15) is 30.3 Å². The average molecular weight is 343 g/mol. The zero-order valence-corrected chi connectivity index (χ0v) is 14.6. The van der Waals surface area contributed by atoms with Crippen molar-refractivity contribution in [3.05, 3.63) is 48.5 Å². The molecule has 1 amide bonds. The van der Waals surface area contributed by atoms with Crippen LogP contribution in [0.3, 0.4) is 0 Å². The van der Waals surface area contributed by atoms with Gasteiger partial charge in [-0.25, -0.2) is 4.98 Å². The summed E-state index contributed by atoms with van der Waals surface area (Å²) in [5.74, 6) is 1.65. The molecule has 0 bridgehead atoms. The van der Waals surface area contributed by atoms with E-state index in [0.717, 1.165) is 18.0 Å². The Labute approximate surface area is 148 Å². The lowest BCUT2D eigenvalue weighted by atomic mass is 9.96. The Bertz CT molecular complexity index is 701. The van der Waals surface area contributed by atoms with E-state index in [0.29, 0.717) is 32.5 Å². The van der Waals surface area contributed by atoms with Gasteiger partial charge in [0.25, 0.3) is 0 Å². The summed E-state index contributed by atoms with van der Waals surface area (Å²) >= 11 is 0. The molecule has 6 nitrogen and oxygen atoms in total. The van der Waals surface area contributed by atoms with Gasteiger partial charge in [-0.15, -0.1) is 0 Å². The minimum absolute atomic E-state index is 0.0642. The van der Waals surface area contributed by atoms with Crippen LogP contribution in [0.25, 0.3) is 0 Å². The van der Waals surface area contributed by atoms with Crippen molar-refractivity contribution in [1.29, 1.82) is 0 Å². The predicted octanol–water partition coefficient (Wildman–Crippen LogP) is 2.01. The summed E-state index contributed by atoms with van der Waals surface area (Å²) in [6, 6.07) is 9.50. The van der Waals surface area contributed by atoms with Crippen molar-refractivity contribution in [3.63, 3.8) is 0 Å². The first-order valence-corrected chi connectivity index (χ1v) is 8.71. The standard InChI is InChI=1S/C19H25N3O3/c1-16-20-10-13-22(16)14-18(23)21-11-5-8-19(24,9-12-21)15-25-17-6-3-2-4-7-17/h2-4,6-7,10,13,24H,5,8-9,11-12,14-15H2,1H3. The maximum atomic E-state index is 12.5. The Morgan fingerprint density at radius 3 is 2.80 bits per heavy atom. The summed E-state index contributed by atoms with van der Waals surface area (Å²) in [5.41, 5.74) is -0.893. The molecule has 3 rings (SSSR count). The van der Waals surface area contributed by atoms with E-state index in [9.17, 15) is 9.90 Å². The van der Waals surface area contributed by atoms with Gasteiger partial charge in [0.05, 0.1) is 0 Å². The minimum atomic E-state index is -0.893. The van der Waals surface area contributed by atoms with Crippen LogP contribution in [0, 0.1) is 6.92 Å². The molecule has 1 aromatic heterocycles. The van der Waals surface area contributed by atoms with Gasteiger partial charge in [0, 0.05) is 25.5 Å². The number of imidazole rings is 1. The second-order valence-corrected chi connectivity index (χ2v) is 6.66. The highest BCUT2D eigenvalue weighted by Crippen LogP contribution is 2.24. The monoisotopic (exact) mass is 343 g/mol. The Morgan fingerprint density at radius 1 is 1.28 bits per heavy atom. The predicted molar refractivity (Wildman–Crippen MR) is 94.3 cm³/mol. The van der Waals surface area contributed by atoms with Gasteiger partial charge >= 0.3 is 0 Å². The molecule has 0 aliphatic carbocycles. The van der Waals surface area contributed by atoms with Crippen LogP contribution >= 0.6 is 0 Å². The van der Waals surface area contributed by atoms with Crippen LogP contribution < -0.4 is 4.74 Å². The van der Waals surface area contributed by atoms with E-state index < -0.39 is 5.60 Å². The lowest BCUT2D eigenvalue weighted by molar-refractivity contribution is -0.132. The molecule has 0 saturated carbocycles. The number of nitrogens with zero attached hydrogens (tertiary/aromatic N) is 3. The first-order chi connectivity index (χ1) is 12.1. The van der Waals surface area contributed by atoms with Crippen molar-refractivity contribution >= 4 is 5.91 Å². The van der Waals surface area contributed by atoms with E-state index in [-0.39, 0.29) is 12.5 Å². The van der Waals surface area contributed by atoms with Crippen LogP contribution in [-0.2, 0) is 11.3 Å². The lowest BCUT2D eigenvalue weighted by Gasteiger charge is -2.27. The van der Waals surface area contributed by atoms with Crippen molar-refractivity contribution < 1.29 is 14.6 Å². The molecule has 1 saturated heterocycles. The highest BCUT2D eigenvalue weighted by molar-refractivity contribution is 5.76. The van der Waals surface area contributed by atoms with Crippen molar-refractivity contribution in [2.75, 3.05) is 19.7 Å². The summed E-state index contributed by atoms with van der Waals surface area (Å²) in [4.78, 5) is 18.5. The molecule has 0 spiro atoms.